The molecule has 2 bridgehead atoms. The van der Waals surface area contributed by atoms with Crippen molar-refractivity contribution in [1.82, 2.24) is 25.2 Å². The summed E-state index contributed by atoms with van der Waals surface area (Å²) in [5.41, 5.74) is -0.137. The molecule has 2 N–H and O–H groups in total. The van der Waals surface area contributed by atoms with Gasteiger partial charge in [-0.2, -0.15) is 18.7 Å². The number of rotatable bonds is 5. The van der Waals surface area contributed by atoms with E-state index in [9.17, 15) is 13.9 Å². The number of phenols is 1. The number of benzene rings is 2. The zero-order chi connectivity index (χ0) is 33.8. The highest BCUT2D eigenvalue weighted by atomic mass is 19.3. The smallest absolute Gasteiger partial charge is 0.319 e. The molecule has 0 saturated carbocycles. The van der Waals surface area contributed by atoms with Crippen LogP contribution in [0, 0.1) is 11.6 Å². The molecule has 0 radical (unpaired) electrons. The van der Waals surface area contributed by atoms with Crippen molar-refractivity contribution in [2.24, 2.45) is 0 Å². The van der Waals surface area contributed by atoms with Crippen molar-refractivity contribution >= 4 is 27.5 Å². The second kappa shape index (κ2) is 11.1. The van der Waals surface area contributed by atoms with E-state index in [-0.39, 0.29) is 83.8 Å². The van der Waals surface area contributed by atoms with E-state index in [1.165, 1.54) is 18.2 Å². The lowest BCUT2D eigenvalue weighted by Gasteiger charge is -2.42. The van der Waals surface area contributed by atoms with Crippen molar-refractivity contribution in [3.05, 3.63) is 53.1 Å². The van der Waals surface area contributed by atoms with Gasteiger partial charge in [-0.3, -0.25) is 4.90 Å². The molecule has 0 unspecified atom stereocenters. The quantitative estimate of drug-likeness (QED) is 0.238. The maximum Gasteiger partial charge on any atom is 0.319 e. The van der Waals surface area contributed by atoms with Gasteiger partial charge in [0.15, 0.2) is 5.82 Å². The number of aromatic nitrogens is 3. The first kappa shape index (κ1) is 30.8. The van der Waals surface area contributed by atoms with Crippen LogP contribution in [-0.2, 0) is 6.42 Å². The first-order chi connectivity index (χ1) is 23.6. The molecule has 7 heterocycles. The first-order valence-electron chi connectivity index (χ1n) is 17.1. The second-order valence-electron chi connectivity index (χ2n) is 14.2. The van der Waals surface area contributed by atoms with Crippen LogP contribution in [0.25, 0.3) is 32.9 Å². The Morgan fingerprint density at radius 3 is 2.82 bits per heavy atom. The van der Waals surface area contributed by atoms with Gasteiger partial charge >= 0.3 is 6.01 Å². The van der Waals surface area contributed by atoms with Crippen molar-refractivity contribution in [1.29, 1.82) is 0 Å². The summed E-state index contributed by atoms with van der Waals surface area (Å²) < 4.78 is 72.6. The number of hydrogen-bond acceptors (Lipinski definition) is 9. The van der Waals surface area contributed by atoms with Crippen molar-refractivity contribution in [2.45, 2.75) is 82.1 Å². The highest BCUT2D eigenvalue weighted by Crippen LogP contribution is 2.47. The van der Waals surface area contributed by atoms with Crippen molar-refractivity contribution in [3.8, 4) is 28.9 Å². The second-order valence-corrected chi connectivity index (χ2v) is 14.2. The molecule has 2 aromatic carbocycles. The average molecular weight is 677 g/mol. The molecule has 4 saturated heterocycles. The molecule has 256 valence electrons. The number of nitrogens with one attached hydrogen (secondary N) is 1. The van der Waals surface area contributed by atoms with Gasteiger partial charge in [0.1, 0.15) is 46.7 Å². The molecule has 5 atom stereocenters. The molecule has 5 aliphatic heterocycles. The molecular weight excluding hydrogens is 640 g/mol. The molecule has 0 aliphatic carbocycles. The molecule has 13 heteroatoms. The number of anilines is 1. The van der Waals surface area contributed by atoms with E-state index in [1.807, 2.05) is 18.7 Å². The summed E-state index contributed by atoms with van der Waals surface area (Å²) in [5.74, 6) is -0.766. The van der Waals surface area contributed by atoms with Crippen LogP contribution in [0.3, 0.4) is 0 Å². The van der Waals surface area contributed by atoms with E-state index in [0.717, 1.165) is 19.3 Å². The number of ether oxygens (including phenoxy) is 2. The summed E-state index contributed by atoms with van der Waals surface area (Å²) in [4.78, 5) is 18.5. The number of pyridine rings is 1. The maximum absolute atomic E-state index is 17.2. The third-order valence-corrected chi connectivity index (χ3v) is 11.4. The normalized spacial score (nSPS) is 27.4. The molecule has 0 amide bonds. The fraction of sp³-hybridized carbons (Fsp3) is 0.472. The van der Waals surface area contributed by atoms with E-state index in [1.54, 1.807) is 6.07 Å². The van der Waals surface area contributed by atoms with Gasteiger partial charge in [0.05, 0.1) is 11.6 Å². The molecule has 5 aliphatic rings. The minimum Gasteiger partial charge on any atom is -0.508 e. The van der Waals surface area contributed by atoms with Gasteiger partial charge in [-0.05, 0) is 86.5 Å². The number of nitrogens with zero attached hydrogens (tertiary/aromatic N) is 5. The Morgan fingerprint density at radius 2 is 2.00 bits per heavy atom. The highest BCUT2D eigenvalue weighted by molar-refractivity contribution is 6.03. The summed E-state index contributed by atoms with van der Waals surface area (Å²) in [5, 5.41) is 15.7. The Morgan fingerprint density at radius 1 is 1.14 bits per heavy atom. The number of fused-ring (bicyclic) bond motifs is 7. The maximum atomic E-state index is 17.2. The molecule has 4 fully saturated rings. The Kier molecular flexibility index (Phi) is 7.00. The van der Waals surface area contributed by atoms with Crippen molar-refractivity contribution < 1.29 is 32.1 Å². The van der Waals surface area contributed by atoms with Gasteiger partial charge in [-0.15, -0.1) is 0 Å². The summed E-state index contributed by atoms with van der Waals surface area (Å²) in [6, 6.07) is 5.90. The SMILES string of the molecule is CCc1c(F)ccc2cc(O)cc(-c3nc4c5c(nc(OC[C@]67CCCN6CC(=C(F)F)C7)nc5c3F)N3C[C@H]5CC[C@H](N5)[C@H]3[C@H](C)O4)c12. The van der Waals surface area contributed by atoms with Crippen LogP contribution in [0.5, 0.6) is 17.6 Å². The Balaban J connectivity index is 1.24. The molecular formula is C36H36F4N6O3. The Hall–Kier alpha value is -4.23. The first-order valence-corrected chi connectivity index (χ1v) is 17.1. The van der Waals surface area contributed by atoms with Crippen LogP contribution in [0.1, 0.15) is 51.5 Å². The predicted molar refractivity (Wildman–Crippen MR) is 175 cm³/mol. The third-order valence-electron chi connectivity index (χ3n) is 11.4. The Labute approximate surface area is 279 Å². The van der Waals surface area contributed by atoms with Crippen LogP contribution in [0.4, 0.5) is 23.4 Å². The number of halogens is 4. The third kappa shape index (κ3) is 4.68. The summed E-state index contributed by atoms with van der Waals surface area (Å²) in [7, 11) is 0. The summed E-state index contributed by atoms with van der Waals surface area (Å²) in [6.07, 6.45) is 1.98. The average Bonchev–Trinajstić information content (AvgIpc) is 3.74. The van der Waals surface area contributed by atoms with Gasteiger partial charge in [-0.25, -0.2) is 13.8 Å². The van der Waals surface area contributed by atoms with Crippen LogP contribution < -0.4 is 19.7 Å². The van der Waals surface area contributed by atoms with E-state index >= 15 is 8.78 Å². The molecule has 9 rings (SSSR count). The Bertz CT molecular complexity index is 2070. The van der Waals surface area contributed by atoms with E-state index in [4.69, 9.17) is 19.4 Å². The summed E-state index contributed by atoms with van der Waals surface area (Å²) >= 11 is 0. The number of piperazine rings is 1. The highest BCUT2D eigenvalue weighted by Gasteiger charge is 2.49. The van der Waals surface area contributed by atoms with Gasteiger partial charge in [-0.1, -0.05) is 13.0 Å². The number of phenolic OH excluding ortho intramolecular Hbond substituents is 1. The standard InChI is InChI=1S/C36H36F4N6O3/c1-3-22-24(37)7-5-18-11-21(47)12-23(26(18)22)29-28(38)30-27-33(46-15-20-6-8-25(41-20)31(46)17(2)49-34(27)42-29)44-35(43-30)48-16-36-9-4-10-45(36)14-19(13-36)32(39)40/h5,7,11-12,17,20,25,31,41,47H,3-4,6,8-10,13-16H2,1-2H3/t17-,20+,25-,31+,36+/m0/s1. The lowest BCUT2D eigenvalue weighted by Crippen LogP contribution is -2.62. The van der Waals surface area contributed by atoms with E-state index in [0.29, 0.717) is 53.5 Å². The predicted octanol–water partition coefficient (Wildman–Crippen LogP) is 6.25. The van der Waals surface area contributed by atoms with E-state index < -0.39 is 23.3 Å². The molecule has 0 spiro atoms. The lowest BCUT2D eigenvalue weighted by atomic mass is 9.94. The fourth-order valence-corrected chi connectivity index (χ4v) is 9.23. The van der Waals surface area contributed by atoms with Crippen LogP contribution >= 0.6 is 0 Å². The molecule has 49 heavy (non-hydrogen) atoms. The van der Waals surface area contributed by atoms with Gasteiger partial charge in [0.2, 0.25) is 5.88 Å². The summed E-state index contributed by atoms with van der Waals surface area (Å²) in [6.45, 7) is 5.34. The lowest BCUT2D eigenvalue weighted by molar-refractivity contribution is 0.108. The van der Waals surface area contributed by atoms with Gasteiger partial charge in [0.25, 0.3) is 6.08 Å². The molecule has 4 aromatic rings. The van der Waals surface area contributed by atoms with Crippen molar-refractivity contribution in [3.63, 3.8) is 0 Å². The van der Waals surface area contributed by atoms with Crippen LogP contribution in [0.15, 0.2) is 35.9 Å². The largest absolute Gasteiger partial charge is 0.508 e. The number of aromatic hydroxyl groups is 1. The van der Waals surface area contributed by atoms with Crippen molar-refractivity contribution in [2.75, 3.05) is 31.1 Å². The van der Waals surface area contributed by atoms with Crippen LogP contribution in [0.2, 0.25) is 0 Å². The van der Waals surface area contributed by atoms with E-state index in [2.05, 4.69) is 15.2 Å². The van der Waals surface area contributed by atoms with Gasteiger partial charge in [0, 0.05) is 36.3 Å². The van der Waals surface area contributed by atoms with Gasteiger partial charge < -0.3 is 24.8 Å². The topological polar surface area (TPSA) is 95.9 Å². The minimum absolute atomic E-state index is 0.0656. The fourth-order valence-electron chi connectivity index (χ4n) is 9.23. The van der Waals surface area contributed by atoms with Crippen LogP contribution in [-0.4, -0.2) is 81.0 Å². The number of aryl methyl sites for hydroxylation is 1. The molecule has 2 aromatic heterocycles. The molecule has 9 nitrogen and oxygen atoms in total. The number of hydrogen-bond donors (Lipinski definition) is 2. The zero-order valence-corrected chi connectivity index (χ0v) is 27.2. The monoisotopic (exact) mass is 676 g/mol. The zero-order valence-electron chi connectivity index (χ0n) is 27.2. The minimum atomic E-state index is -1.65.